The number of alkyl halides is 1. The van der Waals surface area contributed by atoms with Gasteiger partial charge in [-0.05, 0) is 42.0 Å². The molecule has 0 amide bonds. The summed E-state index contributed by atoms with van der Waals surface area (Å²) in [6.45, 7) is 4.00. The summed E-state index contributed by atoms with van der Waals surface area (Å²) in [7, 11) is 0. The van der Waals surface area contributed by atoms with Crippen LogP contribution < -0.4 is 5.73 Å². The fourth-order valence-corrected chi connectivity index (χ4v) is 3.67. The topological polar surface area (TPSA) is 69.6 Å². The second-order valence-corrected chi connectivity index (χ2v) is 7.18. The van der Waals surface area contributed by atoms with E-state index in [0.29, 0.717) is 17.5 Å². The lowest BCUT2D eigenvalue weighted by Crippen LogP contribution is -2.02. The number of fused-ring (bicyclic) bond motifs is 1. The number of nitrogens with zero attached hydrogens (tertiary/aromatic N) is 4. The lowest BCUT2D eigenvalue weighted by Gasteiger charge is -2.11. The first-order valence-electron chi connectivity index (χ1n) is 10.6. The smallest absolute Gasteiger partial charge is 0.165 e. The van der Waals surface area contributed by atoms with Gasteiger partial charge in [0.1, 0.15) is 11.3 Å². The fraction of sp³-hybridized carbons (Fsp3) is 0.115. The molecule has 0 radical (unpaired) electrons. The first-order valence-corrected chi connectivity index (χ1v) is 11.1. The summed E-state index contributed by atoms with van der Waals surface area (Å²) in [6.07, 6.45) is 1.67. The minimum absolute atomic E-state index is 0.426. The molecule has 2 N–H and O–H groups in total. The van der Waals surface area contributed by atoms with Gasteiger partial charge >= 0.3 is 0 Å². The van der Waals surface area contributed by atoms with E-state index in [1.54, 1.807) is 6.20 Å². The number of nitrogens with two attached hydrogens (primary N) is 1. The number of anilines is 1. The second kappa shape index (κ2) is 9.62. The summed E-state index contributed by atoms with van der Waals surface area (Å²) >= 11 is 5.98. The van der Waals surface area contributed by atoms with Crippen LogP contribution in [-0.2, 0) is 5.88 Å². The molecule has 3 heterocycles. The molecule has 0 fully saturated rings. The summed E-state index contributed by atoms with van der Waals surface area (Å²) in [4.78, 5) is 14.0. The number of nitrogen functional groups attached to an aromatic ring is 1. The standard InChI is InChI=1S/C24H18ClN5.C2H6/c25-15-16-8-10-18(11-9-16)30-23(19-7-4-14-27-22(19)26)29-21-13-12-20(28-24(21)30)17-5-2-1-3-6-17;1-2/h1-14H,15H2,(H2,26,27);1-2H3. The van der Waals surface area contributed by atoms with Crippen LogP contribution >= 0.6 is 11.6 Å². The van der Waals surface area contributed by atoms with Gasteiger partial charge in [0.15, 0.2) is 11.5 Å². The zero-order chi connectivity index (χ0) is 22.5. The van der Waals surface area contributed by atoms with Crippen LogP contribution in [0.3, 0.4) is 0 Å². The van der Waals surface area contributed by atoms with Crippen LogP contribution in [0.1, 0.15) is 19.4 Å². The molecule has 0 atom stereocenters. The summed E-state index contributed by atoms with van der Waals surface area (Å²) in [6, 6.07) is 25.9. The molecule has 160 valence electrons. The molecule has 0 saturated carbocycles. The third-order valence-electron chi connectivity index (χ3n) is 5.00. The lowest BCUT2D eigenvalue weighted by atomic mass is 10.1. The highest BCUT2D eigenvalue weighted by Gasteiger charge is 2.18. The molecule has 5 nitrogen and oxygen atoms in total. The quantitative estimate of drug-likeness (QED) is 0.323. The highest BCUT2D eigenvalue weighted by atomic mass is 35.5. The van der Waals surface area contributed by atoms with Gasteiger partial charge in [-0.15, -0.1) is 11.6 Å². The van der Waals surface area contributed by atoms with E-state index in [9.17, 15) is 0 Å². The van der Waals surface area contributed by atoms with E-state index in [1.165, 1.54) is 0 Å². The largest absolute Gasteiger partial charge is 0.383 e. The molecule has 0 spiro atoms. The molecule has 2 aromatic carbocycles. The average Bonchev–Trinajstić information content (AvgIpc) is 3.24. The van der Waals surface area contributed by atoms with Crippen LogP contribution in [0.5, 0.6) is 0 Å². The Morgan fingerprint density at radius 1 is 0.844 bits per heavy atom. The van der Waals surface area contributed by atoms with Crippen LogP contribution in [-0.4, -0.2) is 19.5 Å². The molecule has 5 rings (SSSR count). The molecule has 0 bridgehead atoms. The van der Waals surface area contributed by atoms with Crippen molar-refractivity contribution < 1.29 is 0 Å². The number of aromatic nitrogens is 4. The molecule has 0 aliphatic heterocycles. The van der Waals surface area contributed by atoms with Crippen molar-refractivity contribution in [2.75, 3.05) is 5.73 Å². The van der Waals surface area contributed by atoms with Crippen LogP contribution in [0.2, 0.25) is 0 Å². The van der Waals surface area contributed by atoms with E-state index in [0.717, 1.165) is 39.2 Å². The van der Waals surface area contributed by atoms with Crippen molar-refractivity contribution in [3.05, 3.63) is 90.6 Å². The molecule has 3 aromatic heterocycles. The molecular weight excluding hydrogens is 418 g/mol. The van der Waals surface area contributed by atoms with E-state index in [-0.39, 0.29) is 0 Å². The van der Waals surface area contributed by atoms with Crippen LogP contribution in [0.4, 0.5) is 5.82 Å². The number of imidazole rings is 1. The molecule has 0 aliphatic carbocycles. The Labute approximate surface area is 192 Å². The van der Waals surface area contributed by atoms with Gasteiger partial charge in [-0.3, -0.25) is 4.57 Å². The normalized spacial score (nSPS) is 10.6. The van der Waals surface area contributed by atoms with Crippen molar-refractivity contribution in [1.82, 2.24) is 19.5 Å². The maximum absolute atomic E-state index is 6.19. The summed E-state index contributed by atoms with van der Waals surface area (Å²) in [5, 5.41) is 0. The van der Waals surface area contributed by atoms with Gasteiger partial charge in [0, 0.05) is 23.3 Å². The first-order chi connectivity index (χ1) is 15.7. The van der Waals surface area contributed by atoms with Crippen molar-refractivity contribution in [2.24, 2.45) is 0 Å². The maximum Gasteiger partial charge on any atom is 0.165 e. The molecule has 32 heavy (non-hydrogen) atoms. The lowest BCUT2D eigenvalue weighted by molar-refractivity contribution is 1.07. The third-order valence-corrected chi connectivity index (χ3v) is 5.31. The molecule has 6 heteroatoms. The number of benzene rings is 2. The van der Waals surface area contributed by atoms with Gasteiger partial charge < -0.3 is 5.73 Å². The van der Waals surface area contributed by atoms with E-state index in [2.05, 4.69) is 4.98 Å². The zero-order valence-electron chi connectivity index (χ0n) is 18.0. The molecule has 0 unspecified atom stereocenters. The Kier molecular flexibility index (Phi) is 6.47. The van der Waals surface area contributed by atoms with Crippen LogP contribution in [0, 0.1) is 0 Å². The Morgan fingerprint density at radius 2 is 1.59 bits per heavy atom. The van der Waals surface area contributed by atoms with Crippen molar-refractivity contribution in [3.8, 4) is 28.3 Å². The number of hydrogen-bond acceptors (Lipinski definition) is 4. The summed E-state index contributed by atoms with van der Waals surface area (Å²) < 4.78 is 2.02. The molecular formula is C26H24ClN5. The third kappa shape index (κ3) is 4.07. The predicted molar refractivity (Wildman–Crippen MR) is 133 cm³/mol. The summed E-state index contributed by atoms with van der Waals surface area (Å²) in [5.74, 6) is 1.59. The van der Waals surface area contributed by atoms with Gasteiger partial charge in [-0.2, -0.15) is 0 Å². The highest BCUT2D eigenvalue weighted by molar-refractivity contribution is 6.17. The second-order valence-electron chi connectivity index (χ2n) is 6.91. The first kappa shape index (κ1) is 21.5. The molecule has 0 aliphatic rings. The SMILES string of the molecule is CC.Nc1ncccc1-c1nc2ccc(-c3ccccc3)nc2n1-c1ccc(CCl)cc1. The van der Waals surface area contributed by atoms with E-state index in [1.807, 2.05) is 97.3 Å². The van der Waals surface area contributed by atoms with Gasteiger partial charge in [0.2, 0.25) is 0 Å². The van der Waals surface area contributed by atoms with E-state index >= 15 is 0 Å². The summed E-state index contributed by atoms with van der Waals surface area (Å²) in [5.41, 5.74) is 12.4. The Bertz CT molecular complexity index is 1330. The van der Waals surface area contributed by atoms with Gasteiger partial charge in [-0.1, -0.05) is 56.3 Å². The van der Waals surface area contributed by atoms with Crippen molar-refractivity contribution in [2.45, 2.75) is 19.7 Å². The fourth-order valence-electron chi connectivity index (χ4n) is 3.49. The maximum atomic E-state index is 6.19. The van der Waals surface area contributed by atoms with Crippen molar-refractivity contribution in [3.63, 3.8) is 0 Å². The monoisotopic (exact) mass is 441 g/mol. The van der Waals surface area contributed by atoms with Crippen LogP contribution in [0.25, 0.3) is 39.5 Å². The number of rotatable bonds is 4. The van der Waals surface area contributed by atoms with Gasteiger partial charge in [0.05, 0.1) is 11.3 Å². The zero-order valence-corrected chi connectivity index (χ0v) is 18.8. The molecule has 0 saturated heterocycles. The Balaban J connectivity index is 0.00000119. The average molecular weight is 442 g/mol. The molecule has 5 aromatic rings. The number of pyridine rings is 2. The van der Waals surface area contributed by atoms with E-state index < -0.39 is 0 Å². The van der Waals surface area contributed by atoms with Gasteiger partial charge in [0.25, 0.3) is 0 Å². The van der Waals surface area contributed by atoms with Crippen molar-refractivity contribution >= 4 is 28.6 Å². The Morgan fingerprint density at radius 3 is 2.28 bits per heavy atom. The van der Waals surface area contributed by atoms with Gasteiger partial charge in [-0.25, -0.2) is 15.0 Å². The van der Waals surface area contributed by atoms with Crippen LogP contribution in [0.15, 0.2) is 85.1 Å². The highest BCUT2D eigenvalue weighted by Crippen LogP contribution is 2.31. The minimum Gasteiger partial charge on any atom is -0.383 e. The van der Waals surface area contributed by atoms with E-state index in [4.69, 9.17) is 27.3 Å². The Hall–Kier alpha value is -3.70. The number of halogens is 1. The minimum atomic E-state index is 0.426. The van der Waals surface area contributed by atoms with Crippen molar-refractivity contribution in [1.29, 1.82) is 0 Å². The predicted octanol–water partition coefficient (Wildman–Crippen LogP) is 6.50. The number of hydrogen-bond donors (Lipinski definition) is 1.